The standard InChI is InChI=1S/C15H17ClN2O2S/c1-15(2,11-4-5-11)18-21(19,20)12-6-7-13-10(9-12)3-8-14(16)17-13/h3,6-9,11,18H,4-5H2,1-2H3. The van der Waals surface area contributed by atoms with Gasteiger partial charge in [0.05, 0.1) is 10.4 Å². The van der Waals surface area contributed by atoms with E-state index in [-0.39, 0.29) is 4.90 Å². The average molecular weight is 325 g/mol. The third-order valence-corrected chi connectivity index (χ3v) is 5.81. The Morgan fingerprint density at radius 1 is 1.24 bits per heavy atom. The van der Waals surface area contributed by atoms with Gasteiger partial charge in [-0.05, 0) is 62.9 Å². The molecule has 1 fully saturated rings. The summed E-state index contributed by atoms with van der Waals surface area (Å²) in [6, 6.07) is 8.30. The maximum atomic E-state index is 12.5. The van der Waals surface area contributed by atoms with Gasteiger partial charge in [-0.3, -0.25) is 0 Å². The van der Waals surface area contributed by atoms with Gasteiger partial charge in [-0.1, -0.05) is 11.6 Å². The van der Waals surface area contributed by atoms with E-state index in [1.54, 1.807) is 30.3 Å². The maximum Gasteiger partial charge on any atom is 0.241 e. The quantitative estimate of drug-likeness (QED) is 0.877. The van der Waals surface area contributed by atoms with Gasteiger partial charge in [0.2, 0.25) is 10.0 Å². The molecule has 0 bridgehead atoms. The molecule has 0 amide bonds. The Kier molecular flexibility index (Phi) is 3.47. The minimum absolute atomic E-state index is 0.257. The van der Waals surface area contributed by atoms with Crippen LogP contribution < -0.4 is 4.72 Å². The highest BCUT2D eigenvalue weighted by molar-refractivity contribution is 7.89. The van der Waals surface area contributed by atoms with Crippen molar-refractivity contribution >= 4 is 32.5 Å². The molecule has 0 radical (unpaired) electrons. The van der Waals surface area contributed by atoms with Gasteiger partial charge >= 0.3 is 0 Å². The zero-order chi connectivity index (χ0) is 15.3. The number of hydrogen-bond donors (Lipinski definition) is 1. The molecule has 0 saturated heterocycles. The van der Waals surface area contributed by atoms with Gasteiger partial charge in [0.15, 0.2) is 0 Å². The van der Waals surface area contributed by atoms with Crippen LogP contribution in [0.4, 0.5) is 0 Å². The summed E-state index contributed by atoms with van der Waals surface area (Å²) in [6.07, 6.45) is 2.16. The van der Waals surface area contributed by atoms with Gasteiger partial charge in [-0.2, -0.15) is 0 Å². The largest absolute Gasteiger partial charge is 0.241 e. The van der Waals surface area contributed by atoms with Crippen LogP contribution >= 0.6 is 11.6 Å². The van der Waals surface area contributed by atoms with Crippen molar-refractivity contribution in [3.8, 4) is 0 Å². The molecule has 0 unspecified atom stereocenters. The molecule has 21 heavy (non-hydrogen) atoms. The molecule has 1 aromatic carbocycles. The van der Waals surface area contributed by atoms with Gasteiger partial charge in [0.25, 0.3) is 0 Å². The number of rotatable bonds is 4. The van der Waals surface area contributed by atoms with Crippen LogP contribution in [-0.2, 0) is 10.0 Å². The number of hydrogen-bond acceptors (Lipinski definition) is 3. The first kappa shape index (κ1) is 14.8. The molecule has 112 valence electrons. The molecule has 0 atom stereocenters. The van der Waals surface area contributed by atoms with Crippen molar-refractivity contribution in [3.05, 3.63) is 35.5 Å². The zero-order valence-electron chi connectivity index (χ0n) is 11.9. The molecule has 1 heterocycles. The summed E-state index contributed by atoms with van der Waals surface area (Å²) in [7, 11) is -3.54. The summed E-state index contributed by atoms with van der Waals surface area (Å²) >= 11 is 5.84. The molecule has 2 aromatic rings. The van der Waals surface area contributed by atoms with Crippen molar-refractivity contribution in [3.63, 3.8) is 0 Å². The Morgan fingerprint density at radius 2 is 1.95 bits per heavy atom. The van der Waals surface area contributed by atoms with Gasteiger partial charge in [0, 0.05) is 10.9 Å². The van der Waals surface area contributed by atoms with E-state index in [2.05, 4.69) is 9.71 Å². The summed E-state index contributed by atoms with van der Waals surface area (Å²) in [5, 5.41) is 1.15. The van der Waals surface area contributed by atoms with Gasteiger partial charge in [-0.25, -0.2) is 18.1 Å². The second-order valence-electron chi connectivity index (χ2n) is 6.09. The minimum atomic E-state index is -3.54. The number of pyridine rings is 1. The molecule has 1 aromatic heterocycles. The third kappa shape index (κ3) is 3.05. The number of aromatic nitrogens is 1. The highest BCUT2D eigenvalue weighted by atomic mass is 35.5. The smallest absolute Gasteiger partial charge is 0.236 e. The minimum Gasteiger partial charge on any atom is -0.236 e. The molecular weight excluding hydrogens is 308 g/mol. The van der Waals surface area contributed by atoms with Crippen LogP contribution in [0.3, 0.4) is 0 Å². The van der Waals surface area contributed by atoms with E-state index < -0.39 is 15.6 Å². The van der Waals surface area contributed by atoms with Gasteiger partial charge in [-0.15, -0.1) is 0 Å². The second kappa shape index (κ2) is 4.93. The Morgan fingerprint density at radius 3 is 2.62 bits per heavy atom. The molecule has 3 rings (SSSR count). The Labute approximate surface area is 129 Å². The first-order chi connectivity index (χ1) is 9.78. The summed E-state index contributed by atoms with van der Waals surface area (Å²) in [6.45, 7) is 3.87. The van der Waals surface area contributed by atoms with Crippen LogP contribution in [-0.4, -0.2) is 18.9 Å². The number of sulfonamides is 1. The van der Waals surface area contributed by atoms with Crippen LogP contribution in [0.1, 0.15) is 26.7 Å². The average Bonchev–Trinajstić information content (AvgIpc) is 3.21. The zero-order valence-corrected chi connectivity index (χ0v) is 13.5. The lowest BCUT2D eigenvalue weighted by Gasteiger charge is -2.25. The molecule has 6 heteroatoms. The monoisotopic (exact) mass is 324 g/mol. The fourth-order valence-electron chi connectivity index (χ4n) is 2.54. The summed E-state index contributed by atoms with van der Waals surface area (Å²) in [5.74, 6) is 0.424. The number of benzene rings is 1. The number of nitrogens with zero attached hydrogens (tertiary/aromatic N) is 1. The molecule has 1 saturated carbocycles. The topological polar surface area (TPSA) is 59.1 Å². The Balaban J connectivity index is 1.96. The first-order valence-electron chi connectivity index (χ1n) is 6.88. The first-order valence-corrected chi connectivity index (χ1v) is 8.74. The SMILES string of the molecule is CC(C)(NS(=O)(=O)c1ccc2nc(Cl)ccc2c1)C1CC1. The van der Waals surface area contributed by atoms with E-state index in [0.717, 1.165) is 18.2 Å². The highest BCUT2D eigenvalue weighted by Gasteiger charge is 2.40. The number of nitrogens with one attached hydrogen (secondary N) is 1. The van der Waals surface area contributed by atoms with Crippen LogP contribution in [0.15, 0.2) is 35.2 Å². The molecule has 0 aliphatic heterocycles. The van der Waals surface area contributed by atoms with Crippen LogP contribution in [0.25, 0.3) is 10.9 Å². The third-order valence-electron chi connectivity index (χ3n) is 3.93. The molecule has 1 N–H and O–H groups in total. The van der Waals surface area contributed by atoms with Gasteiger partial charge < -0.3 is 0 Å². The van der Waals surface area contributed by atoms with Crippen LogP contribution in [0.5, 0.6) is 0 Å². The van der Waals surface area contributed by atoms with Crippen molar-refractivity contribution in [2.24, 2.45) is 5.92 Å². The highest BCUT2D eigenvalue weighted by Crippen LogP contribution is 2.40. The van der Waals surface area contributed by atoms with E-state index in [0.29, 0.717) is 16.6 Å². The number of fused-ring (bicyclic) bond motifs is 1. The van der Waals surface area contributed by atoms with E-state index in [1.165, 1.54) is 0 Å². The van der Waals surface area contributed by atoms with Crippen molar-refractivity contribution in [1.82, 2.24) is 9.71 Å². The molecule has 4 nitrogen and oxygen atoms in total. The van der Waals surface area contributed by atoms with E-state index in [4.69, 9.17) is 11.6 Å². The lowest BCUT2D eigenvalue weighted by molar-refractivity contribution is 0.400. The predicted molar refractivity (Wildman–Crippen MR) is 83.9 cm³/mol. The predicted octanol–water partition coefficient (Wildman–Crippen LogP) is 3.36. The van der Waals surface area contributed by atoms with Crippen molar-refractivity contribution in [2.45, 2.75) is 37.1 Å². The lowest BCUT2D eigenvalue weighted by Crippen LogP contribution is -2.45. The molecule has 1 aliphatic carbocycles. The van der Waals surface area contributed by atoms with Crippen LogP contribution in [0.2, 0.25) is 5.15 Å². The summed E-state index contributed by atoms with van der Waals surface area (Å²) in [5.41, 5.74) is 0.273. The number of halogens is 1. The summed E-state index contributed by atoms with van der Waals surface area (Å²) in [4.78, 5) is 4.42. The summed E-state index contributed by atoms with van der Waals surface area (Å²) < 4.78 is 27.9. The van der Waals surface area contributed by atoms with Crippen LogP contribution in [0, 0.1) is 5.92 Å². The molecular formula is C15H17ClN2O2S. The van der Waals surface area contributed by atoms with E-state index in [1.807, 2.05) is 13.8 Å². The Hall–Kier alpha value is -1.17. The Bertz CT molecular complexity index is 798. The molecule has 1 aliphatic rings. The normalized spacial score (nSPS) is 16.3. The maximum absolute atomic E-state index is 12.5. The van der Waals surface area contributed by atoms with Gasteiger partial charge in [0.1, 0.15) is 5.15 Å². The van der Waals surface area contributed by atoms with E-state index in [9.17, 15) is 8.42 Å². The van der Waals surface area contributed by atoms with Crippen molar-refractivity contribution in [2.75, 3.05) is 0 Å². The van der Waals surface area contributed by atoms with Crippen molar-refractivity contribution < 1.29 is 8.42 Å². The second-order valence-corrected chi connectivity index (χ2v) is 8.16. The van der Waals surface area contributed by atoms with E-state index >= 15 is 0 Å². The lowest BCUT2D eigenvalue weighted by atomic mass is 10.0. The molecule has 0 spiro atoms. The van der Waals surface area contributed by atoms with Crippen molar-refractivity contribution in [1.29, 1.82) is 0 Å². The fraction of sp³-hybridized carbons (Fsp3) is 0.400. The fourth-order valence-corrected chi connectivity index (χ4v) is 4.20.